The Morgan fingerprint density at radius 1 is 1.35 bits per heavy atom. The van der Waals surface area contributed by atoms with E-state index in [2.05, 4.69) is 18.6 Å². The van der Waals surface area contributed by atoms with Crippen LogP contribution < -0.4 is 26.8 Å². The van der Waals surface area contributed by atoms with Gasteiger partial charge in [0.05, 0.1) is 0 Å². The Labute approximate surface area is 163 Å². The van der Waals surface area contributed by atoms with Crippen LogP contribution in [0.15, 0.2) is 36.4 Å². The molecule has 1 aromatic carbocycles. The second kappa shape index (κ2) is 9.79. The predicted molar refractivity (Wildman–Crippen MR) is 94.3 cm³/mol. The second-order valence-corrected chi connectivity index (χ2v) is 8.22. The molecule has 3 rings (SSSR count). The fourth-order valence-electron chi connectivity index (χ4n) is 2.49. The normalized spacial score (nSPS) is 15.1. The first-order valence-corrected chi connectivity index (χ1v) is 11.0. The summed E-state index contributed by atoms with van der Waals surface area (Å²) in [5.74, 6) is 0.0791. The van der Waals surface area contributed by atoms with E-state index < -0.39 is 0 Å². The second-order valence-electron chi connectivity index (χ2n) is 5.55. The molecule has 0 radical (unpaired) electrons. The van der Waals surface area contributed by atoms with Crippen molar-refractivity contribution in [3.8, 4) is 11.3 Å². The van der Waals surface area contributed by atoms with Crippen LogP contribution in [0.5, 0.6) is 0 Å². The summed E-state index contributed by atoms with van der Waals surface area (Å²) in [6, 6.07) is 11.4. The first-order valence-electron chi connectivity index (χ1n) is 8.54. The quantitative estimate of drug-likeness (QED) is 0.242. The van der Waals surface area contributed by atoms with Gasteiger partial charge in [-0.2, -0.15) is 0 Å². The molecule has 26 heavy (non-hydrogen) atoms. The van der Waals surface area contributed by atoms with Crippen molar-refractivity contribution in [3.63, 3.8) is 0 Å². The van der Waals surface area contributed by atoms with Gasteiger partial charge in [-0.1, -0.05) is 0 Å². The minimum atomic E-state index is -0.388. The van der Waals surface area contributed by atoms with Crippen LogP contribution in [0.4, 0.5) is 5.82 Å². The first kappa shape index (κ1) is 19.0. The van der Waals surface area contributed by atoms with Gasteiger partial charge in [-0.05, 0) is 0 Å². The van der Waals surface area contributed by atoms with Gasteiger partial charge in [0.25, 0.3) is 0 Å². The topological polar surface area (TPSA) is 76.6 Å². The summed E-state index contributed by atoms with van der Waals surface area (Å²) in [4.78, 5) is 12.4. The number of hydrogen-bond donors (Lipinski definition) is 1. The zero-order valence-corrected chi connectivity index (χ0v) is 16.8. The Morgan fingerprint density at radius 3 is 2.92 bits per heavy atom. The van der Waals surface area contributed by atoms with Crippen LogP contribution in [0.2, 0.25) is 0 Å². The summed E-state index contributed by atoms with van der Waals surface area (Å²) in [6.07, 6.45) is 0. The van der Waals surface area contributed by atoms with Crippen molar-refractivity contribution in [1.29, 1.82) is 0 Å². The molecule has 7 nitrogen and oxygen atoms in total. The van der Waals surface area contributed by atoms with Crippen molar-refractivity contribution in [1.82, 2.24) is 13.3 Å². The van der Waals surface area contributed by atoms with E-state index in [1.165, 1.54) is 0 Å². The Morgan fingerprint density at radius 2 is 2.19 bits per heavy atom. The molecule has 1 aromatic heterocycles. The maximum atomic E-state index is 12.4. The van der Waals surface area contributed by atoms with E-state index in [-0.39, 0.29) is 27.4 Å². The van der Waals surface area contributed by atoms with E-state index in [1.807, 2.05) is 30.3 Å². The number of halogens is 1. The van der Waals surface area contributed by atoms with Crippen molar-refractivity contribution in [3.05, 3.63) is 42.0 Å². The number of ether oxygens (including phenoxy) is 2. The summed E-state index contributed by atoms with van der Waals surface area (Å²) in [6.45, 7) is 5.48. The number of nitrogens with zero attached hydrogens (tertiary/aromatic N) is 3. The average molecular weight is 469 g/mol. The molecule has 1 aliphatic heterocycles. The van der Waals surface area contributed by atoms with Gasteiger partial charge >= 0.3 is 164 Å². The van der Waals surface area contributed by atoms with Crippen LogP contribution >= 0.6 is 0 Å². The Balaban J connectivity index is 1.73. The standard InChI is InChI=1S/C18H22IN4O3/c1-2-26-18(24)15-12-16(14-6-4-3-5-7-14)21-22-17(15)20-8-9-23-10-11-25-13-19-23/h3-7,12H,2,8-11,13H2,1H3,(H,20,22)/q-1. The summed E-state index contributed by atoms with van der Waals surface area (Å²) in [5, 5.41) is 11.8. The number of aromatic nitrogens is 2. The van der Waals surface area contributed by atoms with Gasteiger partial charge in [-0.25, -0.2) is 0 Å². The van der Waals surface area contributed by atoms with E-state index in [4.69, 9.17) is 9.47 Å². The van der Waals surface area contributed by atoms with Gasteiger partial charge in [0.15, 0.2) is 0 Å². The minimum absolute atomic E-state index is 0.0531. The fraction of sp³-hybridized carbons (Fsp3) is 0.389. The van der Waals surface area contributed by atoms with Crippen molar-refractivity contribution in [2.24, 2.45) is 0 Å². The molecule has 140 valence electrons. The molecule has 0 saturated carbocycles. The van der Waals surface area contributed by atoms with Crippen LogP contribution in [0, 0.1) is 0 Å². The molecule has 1 fully saturated rings. The third kappa shape index (κ3) is 5.12. The molecular weight excluding hydrogens is 447 g/mol. The number of nitrogens with one attached hydrogen (secondary N) is 1. The monoisotopic (exact) mass is 469 g/mol. The number of carbonyl (C=O) groups is 1. The summed E-state index contributed by atoms with van der Waals surface area (Å²) in [7, 11) is 0. The number of hydrogen-bond acceptors (Lipinski definition) is 7. The van der Waals surface area contributed by atoms with Gasteiger partial charge in [-0.3, -0.25) is 0 Å². The zero-order chi connectivity index (χ0) is 18.2. The number of benzene rings is 1. The van der Waals surface area contributed by atoms with Gasteiger partial charge in [0.1, 0.15) is 0 Å². The fourth-order valence-corrected chi connectivity index (χ4v) is 4.51. The number of anilines is 1. The van der Waals surface area contributed by atoms with E-state index in [1.54, 1.807) is 13.0 Å². The number of esters is 1. The molecule has 1 N–H and O–H groups in total. The first-order chi connectivity index (χ1) is 12.8. The Kier molecular flexibility index (Phi) is 7.15. The molecule has 0 amide bonds. The molecule has 1 saturated heterocycles. The molecule has 2 heterocycles. The molecule has 0 spiro atoms. The third-order valence-corrected chi connectivity index (χ3v) is 6.43. The number of carbonyl (C=O) groups excluding carboxylic acids is 1. The number of alkyl halides is 1. The summed E-state index contributed by atoms with van der Waals surface area (Å²) < 4.78 is 13.9. The molecule has 1 aliphatic rings. The Hall–Kier alpha value is -1.78. The Bertz CT molecular complexity index is 724. The maximum absolute atomic E-state index is 12.4. The molecule has 0 aliphatic carbocycles. The molecule has 8 heteroatoms. The van der Waals surface area contributed by atoms with Crippen molar-refractivity contribution >= 4 is 11.8 Å². The van der Waals surface area contributed by atoms with Gasteiger partial charge in [-0.15, -0.1) is 0 Å². The molecular formula is C18H22IN4O3-. The summed E-state index contributed by atoms with van der Waals surface area (Å²) >= 11 is -0.0531. The zero-order valence-electron chi connectivity index (χ0n) is 14.7. The van der Waals surface area contributed by atoms with Crippen LogP contribution in [-0.2, 0) is 9.47 Å². The predicted octanol–water partition coefficient (Wildman–Crippen LogP) is -0.974. The van der Waals surface area contributed by atoms with E-state index in [0.29, 0.717) is 30.2 Å². The number of rotatable bonds is 7. The van der Waals surface area contributed by atoms with Crippen LogP contribution in [-0.4, -0.2) is 56.7 Å². The van der Waals surface area contributed by atoms with Crippen LogP contribution in [0.3, 0.4) is 0 Å². The third-order valence-electron chi connectivity index (χ3n) is 3.78. The van der Waals surface area contributed by atoms with Gasteiger partial charge in [0.2, 0.25) is 0 Å². The van der Waals surface area contributed by atoms with Gasteiger partial charge < -0.3 is 0 Å². The van der Waals surface area contributed by atoms with Crippen LogP contribution in [0.1, 0.15) is 17.3 Å². The van der Waals surface area contributed by atoms with E-state index >= 15 is 0 Å². The summed E-state index contributed by atoms with van der Waals surface area (Å²) in [5.41, 5.74) is 1.98. The molecule has 0 bridgehead atoms. The van der Waals surface area contributed by atoms with Crippen molar-refractivity contribution in [2.45, 2.75) is 6.92 Å². The molecule has 0 unspecified atom stereocenters. The van der Waals surface area contributed by atoms with Crippen LogP contribution in [0.25, 0.3) is 11.3 Å². The average Bonchev–Trinajstić information content (AvgIpc) is 2.70. The molecule has 0 atom stereocenters. The SMILES string of the molecule is CCOC(=O)c1cc(-c2ccccc2)nnc1NCCN1CCOC[I-]1. The van der Waals surface area contributed by atoms with Crippen molar-refractivity contribution < 1.29 is 35.7 Å². The van der Waals surface area contributed by atoms with Crippen molar-refractivity contribution in [2.75, 3.05) is 42.8 Å². The van der Waals surface area contributed by atoms with Gasteiger partial charge in [0, 0.05) is 0 Å². The van der Waals surface area contributed by atoms with E-state index in [0.717, 1.165) is 29.9 Å². The van der Waals surface area contributed by atoms with E-state index in [9.17, 15) is 4.79 Å². The molecule has 2 aromatic rings.